The molecular weight excluding hydrogens is 269 g/mol. The second kappa shape index (κ2) is 5.43. The van der Waals surface area contributed by atoms with Crippen molar-refractivity contribution in [3.05, 3.63) is 33.9 Å². The Morgan fingerprint density at radius 3 is 2.83 bits per heavy atom. The first kappa shape index (κ1) is 12.9. The number of anilines is 1. The minimum Gasteiger partial charge on any atom is -0.383 e. The van der Waals surface area contributed by atoms with Gasteiger partial charge in [0.25, 0.3) is 0 Å². The third-order valence-electron chi connectivity index (χ3n) is 2.56. The van der Waals surface area contributed by atoms with Gasteiger partial charge in [0.15, 0.2) is 0 Å². The average Bonchev–Trinajstić information content (AvgIpc) is 2.35. The molecule has 0 fully saturated rings. The number of nitrogens with one attached hydrogen (secondary N) is 1. The Balaban J connectivity index is 2.72. The summed E-state index contributed by atoms with van der Waals surface area (Å²) in [6.07, 6.45) is 2.49. The molecule has 0 bridgehead atoms. The molecular formula is C13H11Cl2N3. The van der Waals surface area contributed by atoms with Crippen LogP contribution in [0.5, 0.6) is 0 Å². The molecule has 0 saturated heterocycles. The third kappa shape index (κ3) is 2.35. The summed E-state index contributed by atoms with van der Waals surface area (Å²) >= 11 is 12.1. The zero-order chi connectivity index (χ0) is 13.1. The maximum atomic E-state index is 9.12. The van der Waals surface area contributed by atoms with Crippen LogP contribution in [0.1, 0.15) is 18.9 Å². The Hall–Kier alpha value is -1.50. The number of fused-ring (bicyclic) bond motifs is 1. The lowest BCUT2D eigenvalue weighted by atomic mass is 10.1. The van der Waals surface area contributed by atoms with E-state index in [0.717, 1.165) is 24.0 Å². The van der Waals surface area contributed by atoms with Crippen LogP contribution in [0.2, 0.25) is 10.0 Å². The summed E-state index contributed by atoms with van der Waals surface area (Å²) in [5.41, 5.74) is 1.89. The van der Waals surface area contributed by atoms with E-state index in [1.54, 1.807) is 12.1 Å². The van der Waals surface area contributed by atoms with Crippen molar-refractivity contribution in [2.75, 3.05) is 11.9 Å². The predicted molar refractivity (Wildman–Crippen MR) is 75.3 cm³/mol. The molecule has 3 nitrogen and oxygen atoms in total. The highest BCUT2D eigenvalue weighted by molar-refractivity contribution is 6.38. The second-order valence-electron chi connectivity index (χ2n) is 3.87. The molecule has 0 aliphatic carbocycles. The van der Waals surface area contributed by atoms with Gasteiger partial charge in [-0.05, 0) is 18.6 Å². The summed E-state index contributed by atoms with van der Waals surface area (Å²) in [5.74, 6) is 0. The molecule has 0 saturated carbocycles. The summed E-state index contributed by atoms with van der Waals surface area (Å²) in [4.78, 5) is 4.21. The van der Waals surface area contributed by atoms with Gasteiger partial charge in [0.05, 0.1) is 21.8 Å². The zero-order valence-corrected chi connectivity index (χ0v) is 11.3. The van der Waals surface area contributed by atoms with E-state index in [9.17, 15) is 0 Å². The Labute approximate surface area is 115 Å². The SMILES string of the molecule is CCCNc1c(C#N)cnc2c(Cl)cc(Cl)cc12. The van der Waals surface area contributed by atoms with Crippen LogP contribution in [0.25, 0.3) is 10.9 Å². The van der Waals surface area contributed by atoms with Gasteiger partial charge in [0.2, 0.25) is 0 Å². The smallest absolute Gasteiger partial charge is 0.103 e. The number of benzene rings is 1. The molecule has 0 amide bonds. The van der Waals surface area contributed by atoms with Crippen LogP contribution in [-0.4, -0.2) is 11.5 Å². The van der Waals surface area contributed by atoms with Crippen molar-refractivity contribution in [2.45, 2.75) is 13.3 Å². The van der Waals surface area contributed by atoms with E-state index < -0.39 is 0 Å². The Morgan fingerprint density at radius 1 is 1.39 bits per heavy atom. The number of hydrogen-bond acceptors (Lipinski definition) is 3. The van der Waals surface area contributed by atoms with Crippen LogP contribution in [-0.2, 0) is 0 Å². The molecule has 92 valence electrons. The molecule has 0 unspecified atom stereocenters. The molecule has 0 radical (unpaired) electrons. The highest BCUT2D eigenvalue weighted by Crippen LogP contribution is 2.32. The molecule has 2 aromatic rings. The quantitative estimate of drug-likeness (QED) is 0.915. The van der Waals surface area contributed by atoms with E-state index in [1.807, 2.05) is 0 Å². The molecule has 0 atom stereocenters. The number of hydrogen-bond donors (Lipinski definition) is 1. The second-order valence-corrected chi connectivity index (χ2v) is 4.71. The van der Waals surface area contributed by atoms with E-state index in [2.05, 4.69) is 23.3 Å². The van der Waals surface area contributed by atoms with E-state index in [0.29, 0.717) is 21.1 Å². The summed E-state index contributed by atoms with van der Waals surface area (Å²) in [7, 11) is 0. The van der Waals surface area contributed by atoms with Crippen molar-refractivity contribution in [1.82, 2.24) is 4.98 Å². The van der Waals surface area contributed by atoms with E-state index in [1.165, 1.54) is 6.20 Å². The maximum absolute atomic E-state index is 9.12. The number of pyridine rings is 1. The van der Waals surface area contributed by atoms with Crippen LogP contribution in [0.3, 0.4) is 0 Å². The summed E-state index contributed by atoms with van der Waals surface area (Å²) in [6.45, 7) is 2.83. The minimum absolute atomic E-state index is 0.488. The van der Waals surface area contributed by atoms with Crippen molar-refractivity contribution in [2.24, 2.45) is 0 Å². The number of rotatable bonds is 3. The summed E-state index contributed by atoms with van der Waals surface area (Å²) in [5, 5.41) is 14.1. The molecule has 0 aliphatic heterocycles. The number of nitrogens with zero attached hydrogens (tertiary/aromatic N) is 2. The fourth-order valence-electron chi connectivity index (χ4n) is 1.75. The monoisotopic (exact) mass is 279 g/mol. The fraction of sp³-hybridized carbons (Fsp3) is 0.231. The number of aromatic nitrogens is 1. The average molecular weight is 280 g/mol. The van der Waals surface area contributed by atoms with Gasteiger partial charge in [0, 0.05) is 23.2 Å². The first-order chi connectivity index (χ1) is 8.67. The van der Waals surface area contributed by atoms with Gasteiger partial charge in [0.1, 0.15) is 6.07 Å². The first-order valence-electron chi connectivity index (χ1n) is 5.59. The van der Waals surface area contributed by atoms with E-state index >= 15 is 0 Å². The van der Waals surface area contributed by atoms with Gasteiger partial charge in [-0.3, -0.25) is 4.98 Å². The molecule has 5 heteroatoms. The summed E-state index contributed by atoms with van der Waals surface area (Å²) in [6, 6.07) is 5.54. The normalized spacial score (nSPS) is 10.3. The standard InChI is InChI=1S/C13H11Cl2N3/c1-2-3-17-12-8(6-16)7-18-13-10(12)4-9(14)5-11(13)15/h4-5,7H,2-3H2,1H3,(H,17,18). The Morgan fingerprint density at radius 2 is 2.17 bits per heavy atom. The zero-order valence-electron chi connectivity index (χ0n) is 9.80. The minimum atomic E-state index is 0.488. The molecule has 1 heterocycles. The van der Waals surface area contributed by atoms with Gasteiger partial charge in [-0.1, -0.05) is 30.1 Å². The highest BCUT2D eigenvalue weighted by Gasteiger charge is 2.11. The Kier molecular flexibility index (Phi) is 3.90. The van der Waals surface area contributed by atoms with Crippen LogP contribution in [0.15, 0.2) is 18.3 Å². The molecule has 0 aliphatic rings. The van der Waals surface area contributed by atoms with Crippen LogP contribution < -0.4 is 5.32 Å². The molecule has 0 spiro atoms. The molecule has 2 rings (SSSR count). The van der Waals surface area contributed by atoms with E-state index in [4.69, 9.17) is 28.5 Å². The lowest BCUT2D eigenvalue weighted by Gasteiger charge is -2.11. The molecule has 1 aromatic carbocycles. The first-order valence-corrected chi connectivity index (χ1v) is 6.34. The van der Waals surface area contributed by atoms with Crippen molar-refractivity contribution in [3.63, 3.8) is 0 Å². The van der Waals surface area contributed by atoms with Crippen LogP contribution in [0, 0.1) is 11.3 Å². The number of nitriles is 1. The topological polar surface area (TPSA) is 48.7 Å². The summed E-state index contributed by atoms with van der Waals surface area (Å²) < 4.78 is 0. The van der Waals surface area contributed by atoms with Crippen LogP contribution >= 0.6 is 23.2 Å². The fourth-order valence-corrected chi connectivity index (χ4v) is 2.29. The van der Waals surface area contributed by atoms with Gasteiger partial charge >= 0.3 is 0 Å². The highest BCUT2D eigenvalue weighted by atomic mass is 35.5. The van der Waals surface area contributed by atoms with Gasteiger partial charge in [-0.15, -0.1) is 0 Å². The maximum Gasteiger partial charge on any atom is 0.103 e. The largest absolute Gasteiger partial charge is 0.383 e. The molecule has 1 N–H and O–H groups in total. The lowest BCUT2D eigenvalue weighted by Crippen LogP contribution is -2.03. The third-order valence-corrected chi connectivity index (χ3v) is 3.07. The van der Waals surface area contributed by atoms with Crippen molar-refractivity contribution in [3.8, 4) is 6.07 Å². The van der Waals surface area contributed by atoms with Crippen molar-refractivity contribution in [1.29, 1.82) is 5.26 Å². The van der Waals surface area contributed by atoms with Gasteiger partial charge < -0.3 is 5.32 Å². The molecule has 1 aromatic heterocycles. The van der Waals surface area contributed by atoms with E-state index in [-0.39, 0.29) is 0 Å². The van der Waals surface area contributed by atoms with Gasteiger partial charge in [-0.2, -0.15) is 5.26 Å². The van der Waals surface area contributed by atoms with Crippen LogP contribution in [0.4, 0.5) is 5.69 Å². The predicted octanol–water partition coefficient (Wildman–Crippen LogP) is 4.24. The van der Waals surface area contributed by atoms with Gasteiger partial charge in [-0.25, -0.2) is 0 Å². The lowest BCUT2D eigenvalue weighted by molar-refractivity contribution is 0.980. The molecule has 18 heavy (non-hydrogen) atoms. The number of halogens is 2. The van der Waals surface area contributed by atoms with Crippen molar-refractivity contribution < 1.29 is 0 Å². The van der Waals surface area contributed by atoms with Crippen molar-refractivity contribution >= 4 is 39.8 Å². The Bertz CT molecular complexity index is 632.